The van der Waals surface area contributed by atoms with E-state index in [1.807, 2.05) is 53.7 Å². The molecule has 25 heavy (non-hydrogen) atoms. The topological polar surface area (TPSA) is 60.7 Å². The van der Waals surface area contributed by atoms with E-state index in [4.69, 9.17) is 5.11 Å². The van der Waals surface area contributed by atoms with Crippen molar-refractivity contribution in [2.45, 2.75) is 65.7 Å². The van der Waals surface area contributed by atoms with Crippen LogP contribution >= 0.6 is 0 Å². The first-order valence-corrected chi connectivity index (χ1v) is 8.71. The van der Waals surface area contributed by atoms with Gasteiger partial charge in [0, 0.05) is 11.1 Å². The third-order valence-electron chi connectivity index (χ3n) is 4.06. The largest absolute Gasteiger partial charge is 0.508 e. The molecule has 2 rings (SSSR count). The minimum absolute atomic E-state index is 0.178. The molecule has 0 saturated carbocycles. The molecule has 0 aliphatic rings. The van der Waals surface area contributed by atoms with E-state index in [2.05, 4.69) is 6.92 Å². The number of phenolic OH excluding ortho intramolecular Hbond substituents is 3. The Morgan fingerprint density at radius 1 is 0.680 bits per heavy atom. The van der Waals surface area contributed by atoms with Gasteiger partial charge in [-0.15, -0.1) is 0 Å². The molecule has 0 atom stereocenters. The number of aromatic hydroxyl groups is 3. The third-order valence-corrected chi connectivity index (χ3v) is 4.06. The van der Waals surface area contributed by atoms with Crippen molar-refractivity contribution in [1.82, 2.24) is 0 Å². The van der Waals surface area contributed by atoms with Gasteiger partial charge in [0.1, 0.15) is 17.2 Å². The lowest BCUT2D eigenvalue weighted by Gasteiger charge is -2.27. The summed E-state index contributed by atoms with van der Waals surface area (Å²) in [5.74, 6) is 0.859. The van der Waals surface area contributed by atoms with Gasteiger partial charge in [-0.2, -0.15) is 0 Å². The number of hydrogen-bond acceptors (Lipinski definition) is 3. The molecule has 0 bridgehead atoms. The monoisotopic (exact) mass is 344 g/mol. The number of benzene rings is 2. The second-order valence-electron chi connectivity index (χ2n) is 8.41. The van der Waals surface area contributed by atoms with Gasteiger partial charge in [-0.05, 0) is 47.1 Å². The number of phenols is 3. The molecule has 0 unspecified atom stereocenters. The second kappa shape index (κ2) is 7.81. The van der Waals surface area contributed by atoms with E-state index in [9.17, 15) is 10.2 Å². The summed E-state index contributed by atoms with van der Waals surface area (Å²) < 4.78 is 0. The van der Waals surface area contributed by atoms with Crippen LogP contribution in [0.3, 0.4) is 0 Å². The molecule has 3 nitrogen and oxygen atoms in total. The minimum atomic E-state index is -0.178. The van der Waals surface area contributed by atoms with E-state index in [0.717, 1.165) is 17.5 Å². The zero-order valence-electron chi connectivity index (χ0n) is 16.5. The Balaban J connectivity index is 0.000000293. The van der Waals surface area contributed by atoms with Crippen LogP contribution in [-0.4, -0.2) is 15.3 Å². The van der Waals surface area contributed by atoms with E-state index in [0.29, 0.717) is 11.5 Å². The van der Waals surface area contributed by atoms with Gasteiger partial charge in [-0.3, -0.25) is 0 Å². The zero-order valence-corrected chi connectivity index (χ0v) is 16.5. The number of hydrogen-bond donors (Lipinski definition) is 3. The van der Waals surface area contributed by atoms with Crippen LogP contribution in [0, 0.1) is 0 Å². The molecule has 0 spiro atoms. The maximum atomic E-state index is 10.3. The molecule has 0 heterocycles. The maximum Gasteiger partial charge on any atom is 0.123 e. The Bertz CT molecular complexity index is 652. The Labute approximate surface area is 152 Å². The van der Waals surface area contributed by atoms with Crippen LogP contribution in [0.2, 0.25) is 0 Å². The summed E-state index contributed by atoms with van der Waals surface area (Å²) in [6, 6.07) is 10.6. The van der Waals surface area contributed by atoms with Crippen LogP contribution in [0.1, 0.15) is 65.2 Å². The zero-order chi connectivity index (χ0) is 19.4. The molecule has 3 heteroatoms. The molecule has 0 radical (unpaired) electrons. The van der Waals surface area contributed by atoms with Crippen LogP contribution < -0.4 is 0 Å². The van der Waals surface area contributed by atoms with Crippen molar-refractivity contribution < 1.29 is 15.3 Å². The Kier molecular flexibility index (Phi) is 6.53. The van der Waals surface area contributed by atoms with E-state index in [1.165, 1.54) is 5.56 Å². The summed E-state index contributed by atoms with van der Waals surface area (Å²) in [5, 5.41) is 28.9. The molecule has 0 aliphatic carbocycles. The van der Waals surface area contributed by atoms with Gasteiger partial charge in [0.15, 0.2) is 0 Å². The van der Waals surface area contributed by atoms with Gasteiger partial charge in [0.25, 0.3) is 0 Å². The van der Waals surface area contributed by atoms with Gasteiger partial charge in [0.05, 0.1) is 0 Å². The summed E-state index contributed by atoms with van der Waals surface area (Å²) in [4.78, 5) is 0. The first-order valence-electron chi connectivity index (χ1n) is 8.71. The molecule has 0 saturated heterocycles. The highest BCUT2D eigenvalue weighted by molar-refractivity contribution is 5.51. The lowest BCUT2D eigenvalue weighted by Crippen LogP contribution is -2.16. The summed E-state index contributed by atoms with van der Waals surface area (Å²) in [7, 11) is 0. The van der Waals surface area contributed by atoms with Crippen LogP contribution in [-0.2, 0) is 17.3 Å². The summed E-state index contributed by atoms with van der Waals surface area (Å²) in [6.07, 6.45) is 1.03. The van der Waals surface area contributed by atoms with E-state index < -0.39 is 0 Å². The summed E-state index contributed by atoms with van der Waals surface area (Å²) >= 11 is 0. The lowest BCUT2D eigenvalue weighted by molar-refractivity contribution is 0.413. The first kappa shape index (κ1) is 20.9. The highest BCUT2D eigenvalue weighted by Gasteiger charge is 2.26. The molecule has 2 aromatic rings. The quantitative estimate of drug-likeness (QED) is 0.586. The second-order valence-corrected chi connectivity index (χ2v) is 8.41. The Morgan fingerprint density at radius 3 is 1.40 bits per heavy atom. The fourth-order valence-electron chi connectivity index (χ4n) is 2.49. The van der Waals surface area contributed by atoms with Crippen LogP contribution in [0.15, 0.2) is 36.4 Å². The average Bonchev–Trinajstić information content (AvgIpc) is 2.48. The van der Waals surface area contributed by atoms with Crippen molar-refractivity contribution >= 4 is 0 Å². The van der Waals surface area contributed by atoms with E-state index >= 15 is 0 Å². The molecule has 3 N–H and O–H groups in total. The fraction of sp³-hybridized carbons (Fsp3) is 0.455. The molecular weight excluding hydrogens is 312 g/mol. The van der Waals surface area contributed by atoms with Crippen molar-refractivity contribution in [3.8, 4) is 17.2 Å². The van der Waals surface area contributed by atoms with Gasteiger partial charge < -0.3 is 15.3 Å². The van der Waals surface area contributed by atoms with Gasteiger partial charge in [0.2, 0.25) is 0 Å². The fourth-order valence-corrected chi connectivity index (χ4v) is 2.49. The van der Waals surface area contributed by atoms with Crippen LogP contribution in [0.4, 0.5) is 0 Å². The summed E-state index contributed by atoms with van der Waals surface area (Å²) in [5.41, 5.74) is 2.48. The molecule has 0 fully saturated rings. The standard InChI is InChI=1S/C14H22O2.C8H10O/c1-13(2,3)10-7-9(15)8-11(12(10)16)14(4,5)6;1-2-7-3-5-8(9)6-4-7/h7-8,15-16H,1-6H3;3-6,9H,2H2,1H3. The van der Waals surface area contributed by atoms with Crippen molar-refractivity contribution in [2.24, 2.45) is 0 Å². The molecule has 2 aromatic carbocycles. The molecule has 138 valence electrons. The van der Waals surface area contributed by atoms with E-state index in [-0.39, 0.29) is 16.6 Å². The Morgan fingerprint density at radius 2 is 1.08 bits per heavy atom. The molecule has 0 amide bonds. The third kappa shape index (κ3) is 6.00. The first-order chi connectivity index (χ1) is 11.4. The average molecular weight is 344 g/mol. The predicted molar refractivity (Wildman–Crippen MR) is 105 cm³/mol. The van der Waals surface area contributed by atoms with Gasteiger partial charge >= 0.3 is 0 Å². The van der Waals surface area contributed by atoms with Crippen molar-refractivity contribution in [3.63, 3.8) is 0 Å². The number of aryl methyl sites for hydroxylation is 1. The summed E-state index contributed by atoms with van der Waals surface area (Å²) in [6.45, 7) is 14.2. The van der Waals surface area contributed by atoms with Gasteiger partial charge in [-0.1, -0.05) is 60.6 Å². The number of rotatable bonds is 1. The SMILES string of the molecule is CC(C)(C)c1cc(O)cc(C(C)(C)C)c1O.CCc1ccc(O)cc1. The van der Waals surface area contributed by atoms with Crippen LogP contribution in [0.5, 0.6) is 17.2 Å². The maximum absolute atomic E-state index is 10.3. The van der Waals surface area contributed by atoms with Crippen LogP contribution in [0.25, 0.3) is 0 Å². The van der Waals surface area contributed by atoms with Crippen molar-refractivity contribution in [2.75, 3.05) is 0 Å². The van der Waals surface area contributed by atoms with E-state index in [1.54, 1.807) is 24.3 Å². The normalized spacial score (nSPS) is 11.6. The minimum Gasteiger partial charge on any atom is -0.508 e. The molecule has 0 aromatic heterocycles. The van der Waals surface area contributed by atoms with Crippen molar-refractivity contribution in [3.05, 3.63) is 53.1 Å². The van der Waals surface area contributed by atoms with Gasteiger partial charge in [-0.25, -0.2) is 0 Å². The Hall–Kier alpha value is -2.16. The lowest BCUT2D eigenvalue weighted by atomic mass is 9.79. The predicted octanol–water partition coefficient (Wildman–Crippen LogP) is 5.65. The van der Waals surface area contributed by atoms with Crippen molar-refractivity contribution in [1.29, 1.82) is 0 Å². The highest BCUT2D eigenvalue weighted by atomic mass is 16.3. The highest BCUT2D eigenvalue weighted by Crippen LogP contribution is 2.41. The molecule has 0 aliphatic heterocycles. The molecular formula is C22H32O3. The smallest absolute Gasteiger partial charge is 0.123 e.